The van der Waals surface area contributed by atoms with Gasteiger partial charge in [0.15, 0.2) is 17.5 Å². The molecule has 0 atom stereocenters. The molecule has 1 amide bonds. The van der Waals surface area contributed by atoms with E-state index in [1.165, 1.54) is 6.07 Å². The number of nitrogens with zero attached hydrogens (tertiary/aromatic N) is 1. The van der Waals surface area contributed by atoms with Gasteiger partial charge in [-0.05, 0) is 37.1 Å². The van der Waals surface area contributed by atoms with E-state index in [-0.39, 0.29) is 49.0 Å². The highest BCUT2D eigenvalue weighted by Crippen LogP contribution is 2.39. The molecular formula is C22H27F2IN4O4. The summed E-state index contributed by atoms with van der Waals surface area (Å²) in [6.45, 7) is 0.275. The van der Waals surface area contributed by atoms with E-state index in [9.17, 15) is 13.6 Å². The molecule has 1 aliphatic rings. The number of ether oxygens (including phenoxy) is 3. The number of carbonyl (C=O) groups is 1. The fourth-order valence-corrected chi connectivity index (χ4v) is 3.14. The summed E-state index contributed by atoms with van der Waals surface area (Å²) in [5.74, 6) is 1.20. The lowest BCUT2D eigenvalue weighted by Crippen LogP contribution is -2.38. The minimum atomic E-state index is -2.96. The van der Waals surface area contributed by atoms with Crippen LogP contribution < -0.4 is 30.2 Å². The van der Waals surface area contributed by atoms with E-state index >= 15 is 0 Å². The molecule has 3 rings (SSSR count). The minimum Gasteiger partial charge on any atom is -0.454 e. The number of guanidine groups is 1. The normalized spacial score (nSPS) is 12.2. The Hall–Kier alpha value is -2.83. The maximum atomic E-state index is 12.8. The van der Waals surface area contributed by atoms with Gasteiger partial charge in [0, 0.05) is 37.3 Å². The van der Waals surface area contributed by atoms with E-state index in [0.29, 0.717) is 48.1 Å². The van der Waals surface area contributed by atoms with Crippen molar-refractivity contribution in [1.29, 1.82) is 0 Å². The second kappa shape index (κ2) is 13.0. The van der Waals surface area contributed by atoms with Gasteiger partial charge in [-0.3, -0.25) is 4.79 Å². The van der Waals surface area contributed by atoms with Crippen molar-refractivity contribution >= 4 is 35.8 Å². The van der Waals surface area contributed by atoms with Crippen molar-refractivity contribution in [2.24, 2.45) is 4.99 Å². The van der Waals surface area contributed by atoms with Crippen molar-refractivity contribution < 1.29 is 27.8 Å². The van der Waals surface area contributed by atoms with Crippen LogP contribution in [0.15, 0.2) is 41.4 Å². The zero-order chi connectivity index (χ0) is 22.9. The molecule has 0 saturated carbocycles. The average Bonchev–Trinajstić information content (AvgIpc) is 3.23. The van der Waals surface area contributed by atoms with E-state index in [1.807, 2.05) is 25.1 Å². The first-order valence-electron chi connectivity index (χ1n) is 10.2. The molecule has 8 nitrogen and oxygen atoms in total. The molecule has 11 heteroatoms. The van der Waals surface area contributed by atoms with Crippen molar-refractivity contribution in [1.82, 2.24) is 16.0 Å². The Kier molecular flexibility index (Phi) is 10.4. The molecule has 0 spiro atoms. The second-order valence-electron chi connectivity index (χ2n) is 6.84. The van der Waals surface area contributed by atoms with Gasteiger partial charge in [0.1, 0.15) is 5.75 Å². The first kappa shape index (κ1) is 26.4. The Bertz CT molecular complexity index is 975. The molecule has 0 aromatic heterocycles. The quantitative estimate of drug-likeness (QED) is 0.241. The summed E-state index contributed by atoms with van der Waals surface area (Å²) in [4.78, 5) is 16.3. The fourth-order valence-electron chi connectivity index (χ4n) is 3.14. The van der Waals surface area contributed by atoms with E-state index in [1.54, 1.807) is 19.2 Å². The summed E-state index contributed by atoms with van der Waals surface area (Å²) in [6, 6.07) is 10.4. The average molecular weight is 576 g/mol. The molecule has 0 aliphatic carbocycles. The van der Waals surface area contributed by atoms with Crippen molar-refractivity contribution in [3.05, 3.63) is 53.1 Å². The molecule has 0 radical (unpaired) electrons. The number of amides is 1. The fraction of sp³-hybridized carbons (Fsp3) is 0.364. The summed E-state index contributed by atoms with van der Waals surface area (Å²) >= 11 is 0. The van der Waals surface area contributed by atoms with Crippen molar-refractivity contribution in [3.8, 4) is 17.2 Å². The number of benzene rings is 2. The highest BCUT2D eigenvalue weighted by atomic mass is 127. The van der Waals surface area contributed by atoms with E-state index in [2.05, 4.69) is 25.7 Å². The number of hydrogen-bond donors (Lipinski definition) is 3. The lowest BCUT2D eigenvalue weighted by atomic mass is 10.1. The zero-order valence-corrected chi connectivity index (χ0v) is 20.7. The maximum Gasteiger partial charge on any atom is 0.387 e. The van der Waals surface area contributed by atoms with Gasteiger partial charge in [-0.25, -0.2) is 4.99 Å². The maximum absolute atomic E-state index is 12.8. The van der Waals surface area contributed by atoms with Gasteiger partial charge in [-0.1, -0.05) is 12.1 Å². The van der Waals surface area contributed by atoms with Crippen molar-refractivity contribution in [3.63, 3.8) is 0 Å². The smallest absolute Gasteiger partial charge is 0.387 e. The number of aliphatic imine (C=N–C) groups is 1. The highest BCUT2D eigenvalue weighted by molar-refractivity contribution is 14.0. The molecule has 0 unspecified atom stereocenters. The molecule has 1 heterocycles. The first-order valence-corrected chi connectivity index (χ1v) is 10.2. The third-order valence-electron chi connectivity index (χ3n) is 4.65. The number of nitrogens with one attached hydrogen (secondary N) is 3. The Morgan fingerprint density at radius 1 is 1.18 bits per heavy atom. The van der Waals surface area contributed by atoms with Crippen LogP contribution in [0.1, 0.15) is 28.4 Å². The topological polar surface area (TPSA) is 93.2 Å². The first-order chi connectivity index (χ1) is 15.5. The van der Waals surface area contributed by atoms with Crippen LogP contribution in [0.4, 0.5) is 8.78 Å². The zero-order valence-electron chi connectivity index (χ0n) is 18.3. The Balaban J connectivity index is 0.00000385. The third kappa shape index (κ3) is 7.62. The van der Waals surface area contributed by atoms with Gasteiger partial charge in [-0.2, -0.15) is 8.78 Å². The van der Waals surface area contributed by atoms with Crippen LogP contribution in [0.2, 0.25) is 0 Å². The molecular weight excluding hydrogens is 549 g/mol. The Morgan fingerprint density at radius 2 is 1.94 bits per heavy atom. The minimum absolute atomic E-state index is 0. The summed E-state index contributed by atoms with van der Waals surface area (Å²) < 4.78 is 40.8. The summed E-state index contributed by atoms with van der Waals surface area (Å²) in [7, 11) is 1.59. The van der Waals surface area contributed by atoms with E-state index in [0.717, 1.165) is 5.56 Å². The Labute approximate surface area is 208 Å². The molecule has 2 aromatic carbocycles. The molecule has 0 fully saturated rings. The second-order valence-corrected chi connectivity index (χ2v) is 6.84. The van der Waals surface area contributed by atoms with Crippen molar-refractivity contribution in [2.45, 2.75) is 26.5 Å². The summed E-state index contributed by atoms with van der Waals surface area (Å²) in [5, 5.41) is 8.93. The molecule has 33 heavy (non-hydrogen) atoms. The van der Waals surface area contributed by atoms with Gasteiger partial charge in [0.25, 0.3) is 5.91 Å². The summed E-state index contributed by atoms with van der Waals surface area (Å²) in [6.07, 6.45) is 0.666. The monoisotopic (exact) mass is 576 g/mol. The lowest BCUT2D eigenvalue weighted by Gasteiger charge is -2.13. The van der Waals surface area contributed by atoms with Gasteiger partial charge in [0.05, 0.1) is 6.54 Å². The molecule has 3 N–H and O–H groups in total. The van der Waals surface area contributed by atoms with Gasteiger partial charge in [-0.15, -0.1) is 24.0 Å². The van der Waals surface area contributed by atoms with Crippen LogP contribution in [-0.2, 0) is 13.0 Å². The number of alkyl halides is 2. The predicted molar refractivity (Wildman–Crippen MR) is 131 cm³/mol. The van der Waals surface area contributed by atoms with Crippen LogP contribution in [0, 0.1) is 0 Å². The van der Waals surface area contributed by atoms with Crippen LogP contribution in [-0.4, -0.2) is 45.4 Å². The number of hydrogen-bond acceptors (Lipinski definition) is 5. The van der Waals surface area contributed by atoms with E-state index in [4.69, 9.17) is 9.47 Å². The van der Waals surface area contributed by atoms with Gasteiger partial charge >= 0.3 is 6.61 Å². The third-order valence-corrected chi connectivity index (χ3v) is 4.65. The standard InChI is InChI=1S/C22H26F2N4O4.HI/c1-3-26-22(27-8-7-14-5-4-6-15(9-14)20(29)25-2)28-12-16-10-18-19(31-13-30-18)11-17(16)32-21(23)24;/h4-6,9-11,21H,3,7-8,12-13H2,1-2H3,(H,25,29)(H2,26,27,28);1H. The van der Waals surface area contributed by atoms with Crippen LogP contribution >= 0.6 is 24.0 Å². The number of carbonyl (C=O) groups excluding carboxylic acids is 1. The van der Waals surface area contributed by atoms with Gasteiger partial charge < -0.3 is 30.2 Å². The number of halogens is 3. The van der Waals surface area contributed by atoms with Crippen LogP contribution in [0.5, 0.6) is 17.2 Å². The van der Waals surface area contributed by atoms with Crippen LogP contribution in [0.3, 0.4) is 0 Å². The molecule has 180 valence electrons. The van der Waals surface area contributed by atoms with Crippen molar-refractivity contribution in [2.75, 3.05) is 26.9 Å². The highest BCUT2D eigenvalue weighted by Gasteiger charge is 2.20. The molecule has 1 aliphatic heterocycles. The molecule has 0 bridgehead atoms. The van der Waals surface area contributed by atoms with E-state index < -0.39 is 6.61 Å². The van der Waals surface area contributed by atoms with Crippen LogP contribution in [0.25, 0.3) is 0 Å². The molecule has 0 saturated heterocycles. The number of fused-ring (bicyclic) bond motifs is 1. The van der Waals surface area contributed by atoms with Gasteiger partial charge in [0.2, 0.25) is 6.79 Å². The SMILES string of the molecule is CCNC(=NCc1cc2c(cc1OC(F)F)OCO2)NCCc1cccc(C(=O)NC)c1.I. The predicted octanol–water partition coefficient (Wildman–Crippen LogP) is 3.29. The number of rotatable bonds is 9. The lowest BCUT2D eigenvalue weighted by molar-refractivity contribution is -0.0505. The molecule has 2 aromatic rings. The Morgan fingerprint density at radius 3 is 2.64 bits per heavy atom. The largest absolute Gasteiger partial charge is 0.454 e. The summed E-state index contributed by atoms with van der Waals surface area (Å²) in [5.41, 5.74) is 2.04.